The summed E-state index contributed by atoms with van der Waals surface area (Å²) >= 11 is 6.18. The third kappa shape index (κ3) is 4.44. The van der Waals surface area contributed by atoms with E-state index < -0.39 is 0 Å². The molecule has 3 aromatic rings. The van der Waals surface area contributed by atoms with Crippen molar-refractivity contribution in [2.24, 2.45) is 11.8 Å². The molecule has 0 unspecified atom stereocenters. The number of anilines is 1. The Labute approximate surface area is 181 Å². The molecule has 1 aliphatic heterocycles. The van der Waals surface area contributed by atoms with Gasteiger partial charge < -0.3 is 14.1 Å². The molecule has 0 radical (unpaired) electrons. The Kier molecular flexibility index (Phi) is 5.96. The maximum Gasteiger partial charge on any atom is 0.235 e. The Morgan fingerprint density at radius 2 is 1.83 bits per heavy atom. The van der Waals surface area contributed by atoms with Gasteiger partial charge in [0, 0.05) is 29.2 Å². The van der Waals surface area contributed by atoms with Gasteiger partial charge in [0.1, 0.15) is 18.4 Å². The van der Waals surface area contributed by atoms with E-state index in [4.69, 9.17) is 20.8 Å². The van der Waals surface area contributed by atoms with E-state index in [1.807, 2.05) is 48.5 Å². The van der Waals surface area contributed by atoms with E-state index in [2.05, 4.69) is 29.8 Å². The molecule has 0 bridgehead atoms. The Balaban J connectivity index is 1.50. The molecule has 0 spiro atoms. The van der Waals surface area contributed by atoms with Crippen LogP contribution in [0.2, 0.25) is 5.02 Å². The van der Waals surface area contributed by atoms with Gasteiger partial charge in [0.2, 0.25) is 17.5 Å². The molecule has 1 aliphatic rings. The summed E-state index contributed by atoms with van der Waals surface area (Å²) in [6.07, 6.45) is 1.19. The Hall–Kier alpha value is -2.97. The molecular formula is C24H24ClN3O2. The third-order valence-corrected chi connectivity index (χ3v) is 5.69. The second-order valence-corrected chi connectivity index (χ2v) is 8.45. The summed E-state index contributed by atoms with van der Waals surface area (Å²) in [5, 5.41) is 10.2. The number of rotatable bonds is 5. The number of nitrogens with zero attached hydrogens (tertiary/aromatic N) is 3. The highest BCUT2D eigenvalue weighted by Gasteiger charge is 2.27. The SMILES string of the molecule is C[C@@H]1C[C@H](C)CN(c2oc(-c3ccc(OCc4ccccc4Cl)cc3)nc2C#N)C1. The van der Waals surface area contributed by atoms with Crippen molar-refractivity contribution in [1.82, 2.24) is 4.98 Å². The van der Waals surface area contributed by atoms with Gasteiger partial charge in [0.15, 0.2) is 0 Å². The van der Waals surface area contributed by atoms with Crippen molar-refractivity contribution < 1.29 is 9.15 Å². The van der Waals surface area contributed by atoms with Crippen molar-refractivity contribution in [2.45, 2.75) is 26.9 Å². The first-order valence-corrected chi connectivity index (χ1v) is 10.5. The number of halogens is 1. The maximum atomic E-state index is 9.56. The van der Waals surface area contributed by atoms with Crippen molar-refractivity contribution in [3.05, 3.63) is 64.8 Å². The number of ether oxygens (including phenoxy) is 1. The minimum atomic E-state index is 0.338. The molecular weight excluding hydrogens is 398 g/mol. The van der Waals surface area contributed by atoms with Gasteiger partial charge in [-0.1, -0.05) is 43.6 Å². The molecule has 1 saturated heterocycles. The molecule has 2 heterocycles. The quantitative estimate of drug-likeness (QED) is 0.511. The summed E-state index contributed by atoms with van der Waals surface area (Å²) in [7, 11) is 0. The van der Waals surface area contributed by atoms with Crippen LogP contribution in [-0.2, 0) is 6.61 Å². The van der Waals surface area contributed by atoms with Crippen LogP contribution in [0.1, 0.15) is 31.5 Å². The van der Waals surface area contributed by atoms with E-state index in [-0.39, 0.29) is 0 Å². The van der Waals surface area contributed by atoms with Crippen LogP contribution in [0.4, 0.5) is 5.88 Å². The van der Waals surface area contributed by atoms with Gasteiger partial charge >= 0.3 is 0 Å². The summed E-state index contributed by atoms with van der Waals surface area (Å²) in [6.45, 7) is 6.61. The minimum Gasteiger partial charge on any atom is -0.489 e. The van der Waals surface area contributed by atoms with Crippen LogP contribution in [0, 0.1) is 23.2 Å². The van der Waals surface area contributed by atoms with Gasteiger partial charge in [-0.3, -0.25) is 0 Å². The van der Waals surface area contributed by atoms with Crippen LogP contribution in [0.25, 0.3) is 11.5 Å². The Morgan fingerprint density at radius 1 is 1.13 bits per heavy atom. The monoisotopic (exact) mass is 421 g/mol. The summed E-state index contributed by atoms with van der Waals surface area (Å²) in [6, 6.07) is 17.3. The molecule has 5 nitrogen and oxygen atoms in total. The number of hydrogen-bond acceptors (Lipinski definition) is 5. The highest BCUT2D eigenvalue weighted by Crippen LogP contribution is 2.33. The van der Waals surface area contributed by atoms with Gasteiger partial charge in [0.25, 0.3) is 0 Å². The molecule has 4 rings (SSSR count). The number of nitriles is 1. The highest BCUT2D eigenvalue weighted by molar-refractivity contribution is 6.31. The fourth-order valence-electron chi connectivity index (χ4n) is 4.02. The molecule has 0 aliphatic carbocycles. The lowest BCUT2D eigenvalue weighted by Gasteiger charge is -2.34. The van der Waals surface area contributed by atoms with Crippen LogP contribution < -0.4 is 9.64 Å². The second kappa shape index (κ2) is 8.81. The maximum absolute atomic E-state index is 9.56. The van der Waals surface area contributed by atoms with E-state index in [0.29, 0.717) is 40.9 Å². The lowest BCUT2D eigenvalue weighted by atomic mass is 9.92. The molecule has 1 aromatic heterocycles. The van der Waals surface area contributed by atoms with E-state index in [0.717, 1.165) is 30.0 Å². The third-order valence-electron chi connectivity index (χ3n) is 5.32. The standard InChI is InChI=1S/C24H24ClN3O2/c1-16-11-17(2)14-28(13-16)24-22(12-26)27-23(30-24)18-7-9-20(10-8-18)29-15-19-5-3-4-6-21(19)25/h3-10,16-17H,11,13-15H2,1-2H3/t16-,17+. The average Bonchev–Trinajstić information content (AvgIpc) is 3.17. The molecule has 154 valence electrons. The normalized spacial score (nSPS) is 18.8. The number of benzene rings is 2. The summed E-state index contributed by atoms with van der Waals surface area (Å²) in [5.74, 6) is 2.87. The van der Waals surface area contributed by atoms with Crippen LogP contribution in [0.15, 0.2) is 52.9 Å². The Bertz CT molecular complexity index is 1050. The minimum absolute atomic E-state index is 0.338. The van der Waals surface area contributed by atoms with Crippen LogP contribution >= 0.6 is 11.6 Å². The molecule has 0 N–H and O–H groups in total. The molecule has 2 atom stereocenters. The average molecular weight is 422 g/mol. The Morgan fingerprint density at radius 3 is 2.50 bits per heavy atom. The van der Waals surface area contributed by atoms with Gasteiger partial charge in [-0.05, 0) is 48.6 Å². The topological polar surface area (TPSA) is 62.3 Å². The zero-order valence-corrected chi connectivity index (χ0v) is 17.9. The predicted octanol–water partition coefficient (Wildman–Crippen LogP) is 5.93. The zero-order chi connectivity index (χ0) is 21.1. The first kappa shape index (κ1) is 20.3. The largest absolute Gasteiger partial charge is 0.489 e. The van der Waals surface area contributed by atoms with Crippen LogP contribution in [-0.4, -0.2) is 18.1 Å². The van der Waals surface area contributed by atoms with Crippen molar-refractivity contribution in [3.63, 3.8) is 0 Å². The van der Waals surface area contributed by atoms with Gasteiger partial charge in [0.05, 0.1) is 0 Å². The van der Waals surface area contributed by atoms with Crippen molar-refractivity contribution >= 4 is 17.5 Å². The number of aromatic nitrogens is 1. The summed E-state index contributed by atoms with van der Waals surface area (Å²) in [5.41, 5.74) is 2.08. The molecule has 6 heteroatoms. The van der Waals surface area contributed by atoms with Gasteiger partial charge in [-0.2, -0.15) is 10.2 Å². The van der Waals surface area contributed by atoms with Crippen LogP contribution in [0.5, 0.6) is 5.75 Å². The highest BCUT2D eigenvalue weighted by atomic mass is 35.5. The van der Waals surface area contributed by atoms with E-state index in [9.17, 15) is 5.26 Å². The van der Waals surface area contributed by atoms with Gasteiger partial charge in [-0.15, -0.1) is 0 Å². The molecule has 0 amide bonds. The smallest absolute Gasteiger partial charge is 0.235 e. The molecule has 30 heavy (non-hydrogen) atoms. The molecule has 0 saturated carbocycles. The fraction of sp³-hybridized carbons (Fsp3) is 0.333. The lowest BCUT2D eigenvalue weighted by Crippen LogP contribution is -2.38. The number of piperidine rings is 1. The van der Waals surface area contributed by atoms with E-state index >= 15 is 0 Å². The first-order chi connectivity index (χ1) is 14.5. The summed E-state index contributed by atoms with van der Waals surface area (Å²) in [4.78, 5) is 6.58. The second-order valence-electron chi connectivity index (χ2n) is 8.04. The van der Waals surface area contributed by atoms with Crippen LogP contribution in [0.3, 0.4) is 0 Å². The summed E-state index contributed by atoms with van der Waals surface area (Å²) < 4.78 is 11.9. The zero-order valence-electron chi connectivity index (χ0n) is 17.1. The van der Waals surface area contributed by atoms with Gasteiger partial charge in [-0.25, -0.2) is 0 Å². The molecule has 1 fully saturated rings. The van der Waals surface area contributed by atoms with Crippen molar-refractivity contribution in [2.75, 3.05) is 18.0 Å². The van der Waals surface area contributed by atoms with E-state index in [1.54, 1.807) is 0 Å². The van der Waals surface area contributed by atoms with E-state index in [1.165, 1.54) is 6.42 Å². The lowest BCUT2D eigenvalue weighted by molar-refractivity contribution is 0.306. The fourth-order valence-corrected chi connectivity index (χ4v) is 4.21. The number of oxazole rings is 1. The van der Waals surface area contributed by atoms with Crippen molar-refractivity contribution in [3.8, 4) is 23.3 Å². The first-order valence-electron chi connectivity index (χ1n) is 10.2. The van der Waals surface area contributed by atoms with Crippen molar-refractivity contribution in [1.29, 1.82) is 5.26 Å². The predicted molar refractivity (Wildman–Crippen MR) is 118 cm³/mol. The number of hydrogen-bond donors (Lipinski definition) is 0. The molecule has 2 aromatic carbocycles.